The largest absolute Gasteiger partial charge is 0.481 e. The Balaban J connectivity index is 1.88. The van der Waals surface area contributed by atoms with E-state index in [9.17, 15) is 9.59 Å². The van der Waals surface area contributed by atoms with Crippen molar-refractivity contribution in [2.24, 2.45) is 23.2 Å². The minimum Gasteiger partial charge on any atom is -0.481 e. The van der Waals surface area contributed by atoms with Gasteiger partial charge in [-0.05, 0) is 43.4 Å². The lowest BCUT2D eigenvalue weighted by molar-refractivity contribution is -0.153. The predicted molar refractivity (Wildman–Crippen MR) is 72.6 cm³/mol. The van der Waals surface area contributed by atoms with Gasteiger partial charge in [0, 0.05) is 6.04 Å². The molecule has 2 aliphatic rings. The molecule has 0 aliphatic heterocycles. The van der Waals surface area contributed by atoms with Crippen LogP contribution in [0.25, 0.3) is 0 Å². The van der Waals surface area contributed by atoms with Crippen LogP contribution in [0.4, 0.5) is 0 Å². The van der Waals surface area contributed by atoms with Gasteiger partial charge in [-0.25, -0.2) is 0 Å². The van der Waals surface area contributed by atoms with Crippen molar-refractivity contribution in [3.8, 4) is 0 Å². The Morgan fingerprint density at radius 1 is 1.16 bits per heavy atom. The van der Waals surface area contributed by atoms with E-state index in [4.69, 9.17) is 5.11 Å². The van der Waals surface area contributed by atoms with E-state index in [-0.39, 0.29) is 17.9 Å². The van der Waals surface area contributed by atoms with Gasteiger partial charge in [0.05, 0.1) is 11.8 Å². The second kappa shape index (κ2) is 5.14. The number of carboxylic acids is 1. The van der Waals surface area contributed by atoms with Crippen LogP contribution in [0.2, 0.25) is 0 Å². The topological polar surface area (TPSA) is 66.4 Å². The van der Waals surface area contributed by atoms with E-state index < -0.39 is 11.9 Å². The van der Waals surface area contributed by atoms with Crippen molar-refractivity contribution < 1.29 is 14.7 Å². The Kier molecular flexibility index (Phi) is 3.88. The molecule has 108 valence electrons. The minimum absolute atomic E-state index is 0.0461. The smallest absolute Gasteiger partial charge is 0.307 e. The van der Waals surface area contributed by atoms with Crippen LogP contribution >= 0.6 is 0 Å². The fourth-order valence-corrected chi connectivity index (χ4v) is 3.56. The van der Waals surface area contributed by atoms with Gasteiger partial charge < -0.3 is 10.4 Å². The van der Waals surface area contributed by atoms with E-state index in [1.165, 1.54) is 0 Å². The van der Waals surface area contributed by atoms with Gasteiger partial charge in [0.1, 0.15) is 0 Å². The lowest BCUT2D eigenvalue weighted by Crippen LogP contribution is -2.50. The molecule has 0 bridgehead atoms. The molecule has 4 heteroatoms. The number of hydrogen-bond acceptors (Lipinski definition) is 2. The van der Waals surface area contributed by atoms with Crippen molar-refractivity contribution in [1.82, 2.24) is 5.32 Å². The number of carboxylic acid groups (broad SMARTS) is 1. The molecule has 0 saturated heterocycles. The SMILES string of the molecule is CC1CC(C)(C)CCC1NC(=O)C1CCC1C(=O)O. The molecule has 4 atom stereocenters. The zero-order valence-corrected chi connectivity index (χ0v) is 12.1. The zero-order chi connectivity index (χ0) is 14.2. The van der Waals surface area contributed by atoms with Gasteiger partial charge in [-0.15, -0.1) is 0 Å². The van der Waals surface area contributed by atoms with Crippen LogP contribution in [0.5, 0.6) is 0 Å². The van der Waals surface area contributed by atoms with Crippen LogP contribution < -0.4 is 5.32 Å². The molecular formula is C15H25NO3. The van der Waals surface area contributed by atoms with Crippen LogP contribution in [-0.4, -0.2) is 23.0 Å². The first-order valence-electron chi connectivity index (χ1n) is 7.33. The first-order chi connectivity index (χ1) is 8.80. The lowest BCUT2D eigenvalue weighted by atomic mass is 9.69. The van der Waals surface area contributed by atoms with E-state index in [0.717, 1.165) is 25.7 Å². The highest BCUT2D eigenvalue weighted by molar-refractivity contribution is 5.86. The molecule has 1 amide bonds. The lowest BCUT2D eigenvalue weighted by Gasteiger charge is -2.41. The number of aliphatic carboxylic acids is 1. The molecule has 0 aromatic rings. The fourth-order valence-electron chi connectivity index (χ4n) is 3.56. The minimum atomic E-state index is -0.829. The average molecular weight is 267 g/mol. The molecule has 0 radical (unpaired) electrons. The summed E-state index contributed by atoms with van der Waals surface area (Å²) in [5.74, 6) is -1.18. The first kappa shape index (κ1) is 14.4. The molecule has 2 saturated carbocycles. The Labute approximate surface area is 115 Å². The van der Waals surface area contributed by atoms with Crippen molar-refractivity contribution in [2.75, 3.05) is 0 Å². The highest BCUT2D eigenvalue weighted by Gasteiger charge is 2.42. The second-order valence-electron chi connectivity index (χ2n) is 7.13. The zero-order valence-electron chi connectivity index (χ0n) is 12.1. The number of hydrogen-bond donors (Lipinski definition) is 2. The van der Waals surface area contributed by atoms with Gasteiger partial charge in [-0.3, -0.25) is 9.59 Å². The summed E-state index contributed by atoms with van der Waals surface area (Å²) in [6, 6.07) is 0.218. The third-order valence-corrected chi connectivity index (χ3v) is 4.95. The second-order valence-corrected chi connectivity index (χ2v) is 7.13. The van der Waals surface area contributed by atoms with Gasteiger partial charge in [0.25, 0.3) is 0 Å². The molecule has 2 rings (SSSR count). The Bertz CT molecular complexity index is 378. The predicted octanol–water partition coefficient (Wildman–Crippen LogP) is 2.43. The summed E-state index contributed by atoms with van der Waals surface area (Å²) < 4.78 is 0. The monoisotopic (exact) mass is 267 g/mol. The summed E-state index contributed by atoms with van der Waals surface area (Å²) in [7, 11) is 0. The number of rotatable bonds is 3. The summed E-state index contributed by atoms with van der Waals surface area (Å²) in [6.07, 6.45) is 4.60. The summed E-state index contributed by atoms with van der Waals surface area (Å²) in [6.45, 7) is 6.73. The van der Waals surface area contributed by atoms with E-state index in [1.54, 1.807) is 0 Å². The van der Waals surface area contributed by atoms with Crippen LogP contribution in [0.3, 0.4) is 0 Å². The molecule has 0 aromatic heterocycles. The average Bonchev–Trinajstić information content (AvgIpc) is 2.19. The van der Waals surface area contributed by atoms with Crippen LogP contribution in [0.1, 0.15) is 52.9 Å². The molecule has 4 nitrogen and oxygen atoms in total. The van der Waals surface area contributed by atoms with Crippen LogP contribution in [-0.2, 0) is 9.59 Å². The summed E-state index contributed by atoms with van der Waals surface area (Å²) in [5.41, 5.74) is 0.362. The van der Waals surface area contributed by atoms with Crippen molar-refractivity contribution in [3.63, 3.8) is 0 Å². The van der Waals surface area contributed by atoms with Gasteiger partial charge in [0.2, 0.25) is 5.91 Å². The highest BCUT2D eigenvalue weighted by Crippen LogP contribution is 2.39. The van der Waals surface area contributed by atoms with Crippen molar-refractivity contribution >= 4 is 11.9 Å². The number of nitrogens with one attached hydrogen (secondary N) is 1. The maximum Gasteiger partial charge on any atom is 0.307 e. The van der Waals surface area contributed by atoms with Crippen molar-refractivity contribution in [3.05, 3.63) is 0 Å². The standard InChI is InChI=1S/C15H25NO3/c1-9-8-15(2,3)7-6-12(9)16-13(17)10-4-5-11(10)14(18)19/h9-12H,4-8H2,1-3H3,(H,16,17)(H,18,19). The molecule has 2 N–H and O–H groups in total. The molecule has 0 heterocycles. The Morgan fingerprint density at radius 2 is 1.79 bits per heavy atom. The maximum atomic E-state index is 12.1. The third kappa shape index (κ3) is 3.10. The van der Waals surface area contributed by atoms with E-state index in [2.05, 4.69) is 26.1 Å². The molecule has 19 heavy (non-hydrogen) atoms. The fraction of sp³-hybridized carbons (Fsp3) is 0.867. The van der Waals surface area contributed by atoms with Gasteiger partial charge in [-0.2, -0.15) is 0 Å². The first-order valence-corrected chi connectivity index (χ1v) is 7.33. The van der Waals surface area contributed by atoms with Crippen LogP contribution in [0.15, 0.2) is 0 Å². The molecule has 0 spiro atoms. The number of amides is 1. The normalized spacial score (nSPS) is 37.2. The maximum absolute atomic E-state index is 12.1. The summed E-state index contributed by atoms with van der Waals surface area (Å²) in [4.78, 5) is 23.1. The van der Waals surface area contributed by atoms with E-state index in [0.29, 0.717) is 17.8 Å². The quantitative estimate of drug-likeness (QED) is 0.825. The Morgan fingerprint density at radius 3 is 2.26 bits per heavy atom. The molecule has 0 aromatic carbocycles. The molecular weight excluding hydrogens is 242 g/mol. The third-order valence-electron chi connectivity index (χ3n) is 4.95. The highest BCUT2D eigenvalue weighted by atomic mass is 16.4. The van der Waals surface area contributed by atoms with Gasteiger partial charge in [0.15, 0.2) is 0 Å². The van der Waals surface area contributed by atoms with E-state index >= 15 is 0 Å². The molecule has 2 fully saturated rings. The number of carbonyl (C=O) groups is 2. The molecule has 4 unspecified atom stereocenters. The number of carbonyl (C=O) groups excluding carboxylic acids is 1. The van der Waals surface area contributed by atoms with Crippen LogP contribution in [0, 0.1) is 23.2 Å². The van der Waals surface area contributed by atoms with Gasteiger partial charge >= 0.3 is 5.97 Å². The van der Waals surface area contributed by atoms with Crippen molar-refractivity contribution in [2.45, 2.75) is 58.9 Å². The molecule has 2 aliphatic carbocycles. The van der Waals surface area contributed by atoms with Gasteiger partial charge in [-0.1, -0.05) is 20.8 Å². The van der Waals surface area contributed by atoms with E-state index in [1.807, 2.05) is 0 Å². The summed E-state index contributed by atoms with van der Waals surface area (Å²) >= 11 is 0. The Hall–Kier alpha value is -1.06. The van der Waals surface area contributed by atoms with Crippen molar-refractivity contribution in [1.29, 1.82) is 0 Å². The summed E-state index contributed by atoms with van der Waals surface area (Å²) in [5, 5.41) is 12.1.